The monoisotopic (exact) mass is 547 g/mol. The Balaban J connectivity index is 1.67. The molecule has 204 valence electrons. The fraction of sp³-hybridized carbons (Fsp3) is 0.345. The first-order valence-corrected chi connectivity index (χ1v) is 14.5. The SMILES string of the molecule is COc1ccc(-c2c(C(=O)Nc3cc(C)ccc3C)nn3c(C)cc(C)nc23)cc1S(=O)(=O)NC1CCCC1. The molecule has 4 aromatic rings. The van der Waals surface area contributed by atoms with Crippen LogP contribution in [0.15, 0.2) is 47.4 Å². The van der Waals surface area contributed by atoms with E-state index in [9.17, 15) is 13.2 Å². The van der Waals surface area contributed by atoms with Gasteiger partial charge in [-0.05, 0) is 81.5 Å². The summed E-state index contributed by atoms with van der Waals surface area (Å²) < 4.78 is 36.9. The summed E-state index contributed by atoms with van der Waals surface area (Å²) >= 11 is 0. The van der Waals surface area contributed by atoms with Gasteiger partial charge in [0.05, 0.1) is 12.7 Å². The van der Waals surface area contributed by atoms with Crippen molar-refractivity contribution in [3.8, 4) is 16.9 Å². The summed E-state index contributed by atoms with van der Waals surface area (Å²) in [4.78, 5) is 18.4. The molecule has 1 aliphatic carbocycles. The third-order valence-corrected chi connectivity index (χ3v) is 8.71. The molecule has 2 N–H and O–H groups in total. The molecule has 0 spiro atoms. The number of anilines is 1. The van der Waals surface area contributed by atoms with E-state index < -0.39 is 15.9 Å². The van der Waals surface area contributed by atoms with Crippen molar-refractivity contribution in [3.63, 3.8) is 0 Å². The second-order valence-corrected chi connectivity index (χ2v) is 11.9. The smallest absolute Gasteiger partial charge is 0.276 e. The number of aryl methyl sites for hydroxylation is 4. The van der Waals surface area contributed by atoms with Crippen LogP contribution in [-0.2, 0) is 10.0 Å². The molecular weight excluding hydrogens is 514 g/mol. The summed E-state index contributed by atoms with van der Waals surface area (Å²) in [6.07, 6.45) is 3.60. The predicted octanol–water partition coefficient (Wildman–Crippen LogP) is 5.11. The van der Waals surface area contributed by atoms with Crippen LogP contribution < -0.4 is 14.8 Å². The molecule has 2 heterocycles. The molecule has 39 heavy (non-hydrogen) atoms. The Morgan fingerprint density at radius 1 is 1.03 bits per heavy atom. The second-order valence-electron chi connectivity index (χ2n) is 10.2. The van der Waals surface area contributed by atoms with Crippen LogP contribution in [0.2, 0.25) is 0 Å². The van der Waals surface area contributed by atoms with Crippen molar-refractivity contribution < 1.29 is 17.9 Å². The van der Waals surface area contributed by atoms with Gasteiger partial charge in [-0.1, -0.05) is 31.0 Å². The third-order valence-electron chi connectivity index (χ3n) is 7.17. The molecule has 0 unspecified atom stereocenters. The van der Waals surface area contributed by atoms with Crippen LogP contribution in [0, 0.1) is 27.7 Å². The molecule has 0 radical (unpaired) electrons. The van der Waals surface area contributed by atoms with Gasteiger partial charge in [0.2, 0.25) is 10.0 Å². The number of nitrogens with zero attached hydrogens (tertiary/aromatic N) is 3. The number of carbonyl (C=O) groups excluding carboxylic acids is 1. The molecule has 5 rings (SSSR count). The number of nitrogens with one attached hydrogen (secondary N) is 2. The van der Waals surface area contributed by atoms with Gasteiger partial charge in [0.25, 0.3) is 5.91 Å². The molecular formula is C29H33N5O4S. The van der Waals surface area contributed by atoms with Gasteiger partial charge in [-0.2, -0.15) is 5.10 Å². The summed E-state index contributed by atoms with van der Waals surface area (Å²) in [6.45, 7) is 7.64. The molecule has 1 saturated carbocycles. The highest BCUT2D eigenvalue weighted by Crippen LogP contribution is 2.35. The molecule has 9 nitrogen and oxygen atoms in total. The number of sulfonamides is 1. The molecule has 1 fully saturated rings. The molecule has 10 heteroatoms. The molecule has 0 saturated heterocycles. The minimum absolute atomic E-state index is 0.0130. The summed E-state index contributed by atoms with van der Waals surface area (Å²) in [7, 11) is -2.44. The zero-order valence-electron chi connectivity index (χ0n) is 22.8. The maximum Gasteiger partial charge on any atom is 0.276 e. The second kappa shape index (κ2) is 10.4. The molecule has 0 atom stereocenters. The van der Waals surface area contributed by atoms with E-state index >= 15 is 0 Å². The van der Waals surface area contributed by atoms with Gasteiger partial charge in [0, 0.05) is 23.1 Å². The van der Waals surface area contributed by atoms with E-state index in [-0.39, 0.29) is 22.4 Å². The molecule has 2 aromatic carbocycles. The summed E-state index contributed by atoms with van der Waals surface area (Å²) in [6, 6.07) is 12.5. The minimum atomic E-state index is -3.88. The number of fused-ring (bicyclic) bond motifs is 1. The first-order chi connectivity index (χ1) is 18.6. The highest BCUT2D eigenvalue weighted by Gasteiger charge is 2.29. The zero-order chi connectivity index (χ0) is 27.9. The maximum absolute atomic E-state index is 13.7. The molecule has 0 bridgehead atoms. The number of hydrogen-bond acceptors (Lipinski definition) is 6. The van der Waals surface area contributed by atoms with Gasteiger partial charge in [-0.3, -0.25) is 4.79 Å². The normalized spacial score (nSPS) is 14.2. The van der Waals surface area contributed by atoms with Crippen LogP contribution in [0.4, 0.5) is 5.69 Å². The highest BCUT2D eigenvalue weighted by atomic mass is 32.2. The van der Waals surface area contributed by atoms with E-state index in [1.54, 1.807) is 22.7 Å². The largest absolute Gasteiger partial charge is 0.495 e. The number of ether oxygens (including phenoxy) is 1. The zero-order valence-corrected chi connectivity index (χ0v) is 23.6. The van der Waals surface area contributed by atoms with E-state index in [1.165, 1.54) is 7.11 Å². The summed E-state index contributed by atoms with van der Waals surface area (Å²) in [5.74, 6) is -0.187. The van der Waals surface area contributed by atoms with Crippen LogP contribution >= 0.6 is 0 Å². The van der Waals surface area contributed by atoms with Crippen molar-refractivity contribution in [2.45, 2.75) is 64.3 Å². The summed E-state index contributed by atoms with van der Waals surface area (Å²) in [5.41, 5.74) is 5.73. The lowest BCUT2D eigenvalue weighted by atomic mass is 10.0. The van der Waals surface area contributed by atoms with Crippen LogP contribution in [0.1, 0.15) is 58.7 Å². The summed E-state index contributed by atoms with van der Waals surface area (Å²) in [5, 5.41) is 7.63. The van der Waals surface area contributed by atoms with Crippen LogP contribution in [0.5, 0.6) is 5.75 Å². The van der Waals surface area contributed by atoms with Crippen LogP contribution in [-0.4, -0.2) is 42.1 Å². The molecule has 1 aliphatic rings. The van der Waals surface area contributed by atoms with Gasteiger partial charge < -0.3 is 10.1 Å². The average Bonchev–Trinajstić information content (AvgIpc) is 3.53. The van der Waals surface area contributed by atoms with Crippen molar-refractivity contribution in [3.05, 3.63) is 70.7 Å². The fourth-order valence-corrected chi connectivity index (χ4v) is 6.67. The minimum Gasteiger partial charge on any atom is -0.495 e. The lowest BCUT2D eigenvalue weighted by Crippen LogP contribution is -2.32. The van der Waals surface area contributed by atoms with E-state index in [0.29, 0.717) is 22.5 Å². The molecule has 2 aromatic heterocycles. The first-order valence-electron chi connectivity index (χ1n) is 13.0. The number of aromatic nitrogens is 3. The first kappa shape index (κ1) is 26.8. The number of amides is 1. The Kier molecular flexibility index (Phi) is 7.17. The third kappa shape index (κ3) is 5.26. The van der Waals surface area contributed by atoms with Gasteiger partial charge >= 0.3 is 0 Å². The van der Waals surface area contributed by atoms with Gasteiger partial charge in [-0.25, -0.2) is 22.6 Å². The Labute approximate surface area is 228 Å². The van der Waals surface area contributed by atoms with Gasteiger partial charge in [0.15, 0.2) is 11.3 Å². The Morgan fingerprint density at radius 2 is 1.77 bits per heavy atom. The average molecular weight is 548 g/mol. The van der Waals surface area contributed by atoms with Gasteiger partial charge in [0.1, 0.15) is 10.6 Å². The van der Waals surface area contributed by atoms with Crippen molar-refractivity contribution >= 4 is 27.3 Å². The lowest BCUT2D eigenvalue weighted by molar-refractivity contribution is 0.102. The molecule has 0 aliphatic heterocycles. The number of benzene rings is 2. The topological polar surface area (TPSA) is 115 Å². The van der Waals surface area contributed by atoms with E-state index in [1.807, 2.05) is 52.0 Å². The predicted molar refractivity (Wildman–Crippen MR) is 151 cm³/mol. The van der Waals surface area contributed by atoms with Crippen molar-refractivity contribution in [1.82, 2.24) is 19.3 Å². The standard InChI is InChI=1S/C29H33N5O4S/c1-17-10-11-18(2)23(14-17)31-29(35)27-26(28-30-19(3)15-20(4)34(28)32-27)21-12-13-24(38-5)25(16-21)39(36,37)33-22-8-6-7-9-22/h10-16,22,33H,6-9H2,1-5H3,(H,31,35). The Morgan fingerprint density at radius 3 is 2.49 bits per heavy atom. The van der Waals surface area contributed by atoms with E-state index in [0.717, 1.165) is 48.2 Å². The number of hydrogen-bond donors (Lipinski definition) is 2. The van der Waals surface area contributed by atoms with E-state index in [4.69, 9.17) is 9.72 Å². The fourth-order valence-electron chi connectivity index (χ4n) is 5.17. The highest BCUT2D eigenvalue weighted by molar-refractivity contribution is 7.89. The van der Waals surface area contributed by atoms with E-state index in [2.05, 4.69) is 15.1 Å². The van der Waals surface area contributed by atoms with Gasteiger partial charge in [-0.15, -0.1) is 0 Å². The van der Waals surface area contributed by atoms with Crippen LogP contribution in [0.3, 0.4) is 0 Å². The Hall–Kier alpha value is -3.76. The lowest BCUT2D eigenvalue weighted by Gasteiger charge is -2.16. The van der Waals surface area contributed by atoms with Crippen molar-refractivity contribution in [2.75, 3.05) is 12.4 Å². The maximum atomic E-state index is 13.7. The number of carbonyl (C=O) groups is 1. The molecule has 1 amide bonds. The van der Waals surface area contributed by atoms with Crippen molar-refractivity contribution in [2.24, 2.45) is 0 Å². The quantitative estimate of drug-likeness (QED) is 0.332. The van der Waals surface area contributed by atoms with Crippen molar-refractivity contribution in [1.29, 1.82) is 0 Å². The number of methoxy groups -OCH3 is 1. The Bertz CT molecular complexity index is 1690. The number of rotatable bonds is 7. The van der Waals surface area contributed by atoms with Crippen LogP contribution in [0.25, 0.3) is 16.8 Å².